The van der Waals surface area contributed by atoms with Gasteiger partial charge in [0.05, 0.1) is 19.2 Å². The molecule has 1 atom stereocenters. The number of carbonyl (C=O) groups is 1. The van der Waals surface area contributed by atoms with Gasteiger partial charge in [-0.3, -0.25) is 10.1 Å². The number of hydrogen-bond donors (Lipinski definition) is 3. The van der Waals surface area contributed by atoms with Crippen molar-refractivity contribution in [1.82, 2.24) is 10.6 Å². The monoisotopic (exact) mass is 224 g/mol. The lowest BCUT2D eigenvalue weighted by Crippen LogP contribution is -2.55. The lowest BCUT2D eigenvalue weighted by atomic mass is 9.97. The van der Waals surface area contributed by atoms with Crippen molar-refractivity contribution in [2.75, 3.05) is 13.2 Å². The van der Waals surface area contributed by atoms with Crippen molar-refractivity contribution >= 4 is 5.91 Å². The highest BCUT2D eigenvalue weighted by Gasteiger charge is 2.35. The largest absolute Gasteiger partial charge is 0.394 e. The first-order valence-electron chi connectivity index (χ1n) is 5.73. The van der Waals surface area contributed by atoms with Gasteiger partial charge < -0.3 is 10.4 Å². The van der Waals surface area contributed by atoms with Crippen molar-refractivity contribution in [3.8, 4) is 12.3 Å². The second-order valence-electron chi connectivity index (χ2n) is 4.43. The summed E-state index contributed by atoms with van der Waals surface area (Å²) >= 11 is 0. The molecule has 1 amide bonds. The summed E-state index contributed by atoms with van der Waals surface area (Å²) in [5.41, 5.74) is -0.271. The minimum atomic E-state index is -0.321. The summed E-state index contributed by atoms with van der Waals surface area (Å²) in [6, 6.07) is -0.321. The second-order valence-corrected chi connectivity index (χ2v) is 4.43. The molecule has 3 N–H and O–H groups in total. The van der Waals surface area contributed by atoms with Gasteiger partial charge >= 0.3 is 0 Å². The maximum Gasteiger partial charge on any atom is 0.237 e. The summed E-state index contributed by atoms with van der Waals surface area (Å²) in [6.07, 6.45) is 9.13. The molecule has 0 aromatic rings. The maximum absolute atomic E-state index is 11.6. The molecule has 0 bridgehead atoms. The Bertz CT molecular complexity index is 277. The third kappa shape index (κ3) is 3.22. The number of aliphatic hydroxyl groups excluding tert-OH is 1. The lowest BCUT2D eigenvalue weighted by molar-refractivity contribution is -0.123. The van der Waals surface area contributed by atoms with Gasteiger partial charge in [-0.1, -0.05) is 18.8 Å². The quantitative estimate of drug-likeness (QED) is 0.577. The third-order valence-electron chi connectivity index (χ3n) is 3.14. The molecule has 1 aliphatic carbocycles. The Morgan fingerprint density at radius 1 is 1.56 bits per heavy atom. The normalized spacial score (nSPS) is 20.1. The summed E-state index contributed by atoms with van der Waals surface area (Å²) in [5, 5.41) is 15.2. The Balaban J connectivity index is 2.46. The SMILES string of the molecule is C#CCNC(=O)C(C)NC1(CO)CCCC1. The molecule has 1 fully saturated rings. The summed E-state index contributed by atoms with van der Waals surface area (Å²) in [6.45, 7) is 2.12. The van der Waals surface area contributed by atoms with Crippen LogP contribution in [0, 0.1) is 12.3 Å². The minimum absolute atomic E-state index is 0.0831. The van der Waals surface area contributed by atoms with Crippen molar-refractivity contribution in [3.05, 3.63) is 0 Å². The van der Waals surface area contributed by atoms with E-state index in [1.54, 1.807) is 6.92 Å². The molecule has 16 heavy (non-hydrogen) atoms. The molecule has 0 aliphatic heterocycles. The summed E-state index contributed by atoms with van der Waals surface area (Å²) < 4.78 is 0. The maximum atomic E-state index is 11.6. The Labute approximate surface area is 96.8 Å². The van der Waals surface area contributed by atoms with Gasteiger partial charge in [-0.2, -0.15) is 0 Å². The topological polar surface area (TPSA) is 61.4 Å². The number of terminal acetylenes is 1. The van der Waals surface area contributed by atoms with E-state index in [0.717, 1.165) is 25.7 Å². The molecule has 1 rings (SSSR count). The standard InChI is InChI=1S/C12H20N2O2/c1-3-8-13-11(16)10(2)14-12(9-15)6-4-5-7-12/h1,10,14-15H,4-9H2,2H3,(H,13,16). The molecule has 0 aromatic heterocycles. The van der Waals surface area contributed by atoms with E-state index < -0.39 is 0 Å². The van der Waals surface area contributed by atoms with E-state index in [9.17, 15) is 9.90 Å². The van der Waals surface area contributed by atoms with Crippen LogP contribution in [-0.4, -0.2) is 35.7 Å². The Morgan fingerprint density at radius 3 is 2.69 bits per heavy atom. The molecule has 90 valence electrons. The smallest absolute Gasteiger partial charge is 0.237 e. The van der Waals surface area contributed by atoms with Crippen LogP contribution in [0.15, 0.2) is 0 Å². The third-order valence-corrected chi connectivity index (χ3v) is 3.14. The number of carbonyl (C=O) groups excluding carboxylic acids is 1. The predicted molar refractivity (Wildman–Crippen MR) is 62.7 cm³/mol. The Kier molecular flexibility index (Phi) is 4.78. The molecular weight excluding hydrogens is 204 g/mol. The number of amides is 1. The minimum Gasteiger partial charge on any atom is -0.394 e. The van der Waals surface area contributed by atoms with Gasteiger partial charge in [-0.25, -0.2) is 0 Å². The molecule has 0 spiro atoms. The molecule has 1 unspecified atom stereocenters. The van der Waals surface area contributed by atoms with Crippen LogP contribution in [0.3, 0.4) is 0 Å². The highest BCUT2D eigenvalue weighted by Crippen LogP contribution is 2.29. The Hall–Kier alpha value is -1.05. The highest BCUT2D eigenvalue weighted by molar-refractivity contribution is 5.81. The van der Waals surface area contributed by atoms with Crippen LogP contribution in [-0.2, 0) is 4.79 Å². The fraction of sp³-hybridized carbons (Fsp3) is 0.750. The van der Waals surface area contributed by atoms with Crippen molar-refractivity contribution < 1.29 is 9.90 Å². The van der Waals surface area contributed by atoms with Crippen LogP contribution in [0.4, 0.5) is 0 Å². The second kappa shape index (κ2) is 5.88. The fourth-order valence-corrected chi connectivity index (χ4v) is 2.22. The number of hydrogen-bond acceptors (Lipinski definition) is 3. The molecule has 0 aromatic carbocycles. The lowest BCUT2D eigenvalue weighted by Gasteiger charge is -2.31. The zero-order chi connectivity index (χ0) is 12.0. The van der Waals surface area contributed by atoms with Gasteiger partial charge in [-0.05, 0) is 19.8 Å². The van der Waals surface area contributed by atoms with E-state index in [0.29, 0.717) is 0 Å². The van der Waals surface area contributed by atoms with Crippen molar-refractivity contribution in [1.29, 1.82) is 0 Å². The van der Waals surface area contributed by atoms with Gasteiger partial charge in [-0.15, -0.1) is 6.42 Å². The summed E-state index contributed by atoms with van der Waals surface area (Å²) in [7, 11) is 0. The van der Waals surface area contributed by atoms with Crippen molar-refractivity contribution in [3.63, 3.8) is 0 Å². The molecule has 0 saturated heterocycles. The van der Waals surface area contributed by atoms with Gasteiger partial charge in [0.2, 0.25) is 5.91 Å². The number of aliphatic hydroxyl groups is 1. The van der Waals surface area contributed by atoms with Crippen LogP contribution in [0.25, 0.3) is 0 Å². The van der Waals surface area contributed by atoms with E-state index in [2.05, 4.69) is 16.6 Å². The highest BCUT2D eigenvalue weighted by atomic mass is 16.3. The van der Waals surface area contributed by atoms with Gasteiger partial charge in [0.1, 0.15) is 0 Å². The molecule has 0 heterocycles. The van der Waals surface area contributed by atoms with Crippen LogP contribution >= 0.6 is 0 Å². The van der Waals surface area contributed by atoms with E-state index in [1.807, 2.05) is 0 Å². The Morgan fingerprint density at radius 2 is 2.19 bits per heavy atom. The first-order chi connectivity index (χ1) is 7.63. The average molecular weight is 224 g/mol. The van der Waals surface area contributed by atoms with E-state index in [4.69, 9.17) is 6.42 Å². The van der Waals surface area contributed by atoms with Gasteiger partial charge in [0, 0.05) is 5.54 Å². The zero-order valence-corrected chi connectivity index (χ0v) is 9.75. The number of nitrogens with one attached hydrogen (secondary N) is 2. The predicted octanol–water partition coefficient (Wildman–Crippen LogP) is 0.0190. The van der Waals surface area contributed by atoms with E-state index in [1.165, 1.54) is 0 Å². The molecule has 1 saturated carbocycles. The van der Waals surface area contributed by atoms with Crippen LogP contribution < -0.4 is 10.6 Å². The zero-order valence-electron chi connectivity index (χ0n) is 9.75. The molecule has 4 heteroatoms. The molecular formula is C12H20N2O2. The average Bonchev–Trinajstić information content (AvgIpc) is 2.75. The fourth-order valence-electron chi connectivity index (χ4n) is 2.22. The van der Waals surface area contributed by atoms with Gasteiger partial charge in [0.25, 0.3) is 0 Å². The van der Waals surface area contributed by atoms with Crippen LogP contribution in [0.1, 0.15) is 32.6 Å². The summed E-state index contributed by atoms with van der Waals surface area (Å²) in [5.74, 6) is 2.25. The van der Waals surface area contributed by atoms with Crippen molar-refractivity contribution in [2.24, 2.45) is 0 Å². The molecule has 0 radical (unpaired) electrons. The first-order valence-corrected chi connectivity index (χ1v) is 5.73. The number of rotatable bonds is 5. The van der Waals surface area contributed by atoms with E-state index >= 15 is 0 Å². The summed E-state index contributed by atoms with van der Waals surface area (Å²) in [4.78, 5) is 11.6. The van der Waals surface area contributed by atoms with Gasteiger partial charge in [0.15, 0.2) is 0 Å². The van der Waals surface area contributed by atoms with Crippen molar-refractivity contribution in [2.45, 2.75) is 44.2 Å². The molecule has 1 aliphatic rings. The first kappa shape index (κ1) is 13.0. The van der Waals surface area contributed by atoms with Crippen LogP contribution in [0.2, 0.25) is 0 Å². The molecule has 4 nitrogen and oxygen atoms in total. The van der Waals surface area contributed by atoms with Crippen LogP contribution in [0.5, 0.6) is 0 Å². The van der Waals surface area contributed by atoms with E-state index in [-0.39, 0.29) is 30.6 Å².